The largest absolute Gasteiger partial charge is 0.313 e. The van der Waals surface area contributed by atoms with Crippen molar-refractivity contribution in [3.8, 4) is 0 Å². The van der Waals surface area contributed by atoms with E-state index in [0.717, 1.165) is 0 Å². The van der Waals surface area contributed by atoms with Crippen molar-refractivity contribution in [1.29, 1.82) is 0 Å². The second-order valence-corrected chi connectivity index (χ2v) is 8.22. The summed E-state index contributed by atoms with van der Waals surface area (Å²) in [5, 5.41) is 1.73. The molecule has 2 heterocycles. The van der Waals surface area contributed by atoms with Gasteiger partial charge in [0.25, 0.3) is 10.0 Å². The number of amides is 1. The molecule has 1 aliphatic heterocycles. The van der Waals surface area contributed by atoms with Crippen LogP contribution in [0.1, 0.15) is 13.3 Å². The first kappa shape index (κ1) is 15.1. The van der Waals surface area contributed by atoms with Gasteiger partial charge >= 0.3 is 0 Å². The average molecular weight is 336 g/mol. The number of carbonyl (C=O) groups is 1. The van der Waals surface area contributed by atoms with Gasteiger partial charge in [-0.15, -0.1) is 11.3 Å². The molecule has 0 spiro atoms. The third kappa shape index (κ3) is 2.30. The SMILES string of the molecule is C[C@H]1CC(=O)N(C)c2ccccc2N1S(=O)(=O)c1cccs1. The molecule has 22 heavy (non-hydrogen) atoms. The van der Waals surface area contributed by atoms with Gasteiger partial charge in [0.2, 0.25) is 5.91 Å². The summed E-state index contributed by atoms with van der Waals surface area (Å²) in [6.45, 7) is 1.76. The fraction of sp³-hybridized carbons (Fsp3) is 0.267. The Balaban J connectivity index is 2.22. The highest BCUT2D eigenvalue weighted by atomic mass is 32.2. The number of thiophene rings is 1. The number of hydrogen-bond acceptors (Lipinski definition) is 4. The monoisotopic (exact) mass is 336 g/mol. The Morgan fingerprint density at radius 3 is 2.45 bits per heavy atom. The molecule has 5 nitrogen and oxygen atoms in total. The molecule has 2 aromatic rings. The van der Waals surface area contributed by atoms with E-state index < -0.39 is 16.1 Å². The first-order valence-electron chi connectivity index (χ1n) is 6.86. The Morgan fingerprint density at radius 1 is 1.14 bits per heavy atom. The molecule has 0 fully saturated rings. The van der Waals surface area contributed by atoms with Crippen LogP contribution in [0.25, 0.3) is 0 Å². The normalized spacial score (nSPS) is 19.0. The number of carbonyl (C=O) groups excluding carboxylic acids is 1. The summed E-state index contributed by atoms with van der Waals surface area (Å²) in [7, 11) is -2.00. The Bertz CT molecular complexity index is 800. The van der Waals surface area contributed by atoms with Crippen LogP contribution >= 0.6 is 11.3 Å². The van der Waals surface area contributed by atoms with E-state index in [2.05, 4.69) is 0 Å². The van der Waals surface area contributed by atoms with Gasteiger partial charge in [-0.3, -0.25) is 9.10 Å². The molecule has 0 unspecified atom stereocenters. The van der Waals surface area contributed by atoms with E-state index in [1.807, 2.05) is 0 Å². The summed E-state index contributed by atoms with van der Waals surface area (Å²) in [6, 6.07) is 9.95. The first-order valence-corrected chi connectivity index (χ1v) is 9.18. The fourth-order valence-electron chi connectivity index (χ4n) is 2.65. The predicted molar refractivity (Wildman–Crippen MR) is 87.9 cm³/mol. The van der Waals surface area contributed by atoms with Crippen LogP contribution in [0.4, 0.5) is 11.4 Å². The fourth-order valence-corrected chi connectivity index (χ4v) is 5.40. The highest BCUT2D eigenvalue weighted by Gasteiger charge is 2.36. The van der Waals surface area contributed by atoms with E-state index in [-0.39, 0.29) is 16.5 Å². The maximum absolute atomic E-state index is 13.0. The summed E-state index contributed by atoms with van der Waals surface area (Å²) >= 11 is 1.18. The lowest BCUT2D eigenvalue weighted by molar-refractivity contribution is -0.118. The number of nitrogens with zero attached hydrogens (tertiary/aromatic N) is 2. The van der Waals surface area contributed by atoms with Crippen molar-refractivity contribution in [3.63, 3.8) is 0 Å². The molecule has 0 radical (unpaired) electrons. The number of anilines is 2. The zero-order chi connectivity index (χ0) is 15.9. The maximum atomic E-state index is 13.0. The molecular weight excluding hydrogens is 320 g/mol. The van der Waals surface area contributed by atoms with Gasteiger partial charge in [-0.25, -0.2) is 8.42 Å². The van der Waals surface area contributed by atoms with Gasteiger partial charge < -0.3 is 4.90 Å². The van der Waals surface area contributed by atoms with Crippen LogP contribution in [-0.2, 0) is 14.8 Å². The highest BCUT2D eigenvalue weighted by molar-refractivity contribution is 7.94. The van der Waals surface area contributed by atoms with Crippen LogP contribution in [0.2, 0.25) is 0 Å². The number of fused-ring (bicyclic) bond motifs is 1. The number of rotatable bonds is 2. The lowest BCUT2D eigenvalue weighted by atomic mass is 10.2. The summed E-state index contributed by atoms with van der Waals surface area (Å²) in [6.07, 6.45) is 0.149. The Kier molecular flexibility index (Phi) is 3.70. The Hall–Kier alpha value is -1.86. The van der Waals surface area contributed by atoms with Crippen LogP contribution in [0.3, 0.4) is 0 Å². The molecule has 3 rings (SSSR count). The average Bonchev–Trinajstić information content (AvgIpc) is 2.99. The minimum atomic E-state index is -3.68. The third-order valence-electron chi connectivity index (χ3n) is 3.73. The van der Waals surface area contributed by atoms with Crippen LogP contribution < -0.4 is 9.21 Å². The van der Waals surface area contributed by atoms with Crippen molar-refractivity contribution in [2.75, 3.05) is 16.3 Å². The predicted octanol–water partition coefficient (Wildman–Crippen LogP) is 2.70. The molecule has 116 valence electrons. The molecule has 1 amide bonds. The number of hydrogen-bond donors (Lipinski definition) is 0. The van der Waals surface area contributed by atoms with E-state index in [1.165, 1.54) is 20.5 Å². The van der Waals surface area contributed by atoms with Crippen molar-refractivity contribution in [3.05, 3.63) is 41.8 Å². The van der Waals surface area contributed by atoms with Gasteiger partial charge in [-0.2, -0.15) is 0 Å². The molecule has 0 bridgehead atoms. The number of benzene rings is 1. The van der Waals surface area contributed by atoms with Gasteiger partial charge in [0.05, 0.1) is 17.4 Å². The molecule has 0 saturated carbocycles. The minimum Gasteiger partial charge on any atom is -0.313 e. The molecule has 7 heteroatoms. The van der Waals surface area contributed by atoms with E-state index in [9.17, 15) is 13.2 Å². The van der Waals surface area contributed by atoms with Crippen molar-refractivity contribution in [2.45, 2.75) is 23.6 Å². The summed E-state index contributed by atoms with van der Waals surface area (Å²) in [5.74, 6) is -0.0937. The molecule has 0 N–H and O–H groups in total. The minimum absolute atomic E-state index is 0.0937. The summed E-state index contributed by atoms with van der Waals surface area (Å²) in [4.78, 5) is 13.8. The molecule has 1 aromatic carbocycles. The smallest absolute Gasteiger partial charge is 0.274 e. The van der Waals surface area contributed by atoms with Crippen molar-refractivity contribution in [1.82, 2.24) is 0 Å². The topological polar surface area (TPSA) is 57.7 Å². The van der Waals surface area contributed by atoms with Crippen molar-refractivity contribution < 1.29 is 13.2 Å². The zero-order valence-electron chi connectivity index (χ0n) is 12.3. The lowest BCUT2D eigenvalue weighted by Gasteiger charge is -2.28. The van der Waals surface area contributed by atoms with Gasteiger partial charge in [-0.05, 0) is 30.5 Å². The third-order valence-corrected chi connectivity index (χ3v) is 7.03. The number of sulfonamides is 1. The maximum Gasteiger partial charge on any atom is 0.274 e. The second-order valence-electron chi connectivity index (χ2n) is 5.23. The zero-order valence-corrected chi connectivity index (χ0v) is 13.9. The highest BCUT2D eigenvalue weighted by Crippen LogP contribution is 2.38. The quantitative estimate of drug-likeness (QED) is 0.847. The number of para-hydroxylation sites is 2. The molecule has 1 aromatic heterocycles. The van der Waals surface area contributed by atoms with Crippen LogP contribution in [0, 0.1) is 0 Å². The lowest BCUT2D eigenvalue weighted by Crippen LogP contribution is -2.38. The molecule has 0 aliphatic carbocycles. The molecule has 0 saturated heterocycles. The van der Waals surface area contributed by atoms with E-state index >= 15 is 0 Å². The van der Waals surface area contributed by atoms with Gasteiger partial charge in [0.1, 0.15) is 4.21 Å². The standard InChI is InChI=1S/C15H16N2O3S2/c1-11-10-14(18)16(2)12-6-3-4-7-13(12)17(11)22(19,20)15-8-5-9-21-15/h3-9,11H,10H2,1-2H3/t11-/m0/s1. The van der Waals surface area contributed by atoms with Crippen LogP contribution in [0.15, 0.2) is 46.0 Å². The first-order chi connectivity index (χ1) is 10.4. The molecular formula is C15H16N2O3S2. The van der Waals surface area contributed by atoms with Crippen LogP contribution in [0.5, 0.6) is 0 Å². The van der Waals surface area contributed by atoms with Gasteiger partial charge in [0.15, 0.2) is 0 Å². The van der Waals surface area contributed by atoms with Crippen molar-refractivity contribution in [2.24, 2.45) is 0 Å². The summed E-state index contributed by atoms with van der Waals surface area (Å²) < 4.78 is 27.6. The van der Waals surface area contributed by atoms with Crippen molar-refractivity contribution >= 4 is 38.6 Å². The van der Waals surface area contributed by atoms with Gasteiger partial charge in [0, 0.05) is 13.5 Å². The van der Waals surface area contributed by atoms with Crippen LogP contribution in [-0.4, -0.2) is 27.4 Å². The molecule has 1 aliphatic rings. The van der Waals surface area contributed by atoms with E-state index in [4.69, 9.17) is 0 Å². The second kappa shape index (κ2) is 5.40. The Labute approximate surface area is 133 Å². The van der Waals surface area contributed by atoms with E-state index in [1.54, 1.807) is 55.7 Å². The molecule has 1 atom stereocenters. The van der Waals surface area contributed by atoms with E-state index in [0.29, 0.717) is 11.4 Å². The summed E-state index contributed by atoms with van der Waals surface area (Å²) in [5.41, 5.74) is 1.15. The Morgan fingerprint density at radius 2 is 1.82 bits per heavy atom. The van der Waals surface area contributed by atoms with Gasteiger partial charge in [-0.1, -0.05) is 18.2 Å².